The van der Waals surface area contributed by atoms with Gasteiger partial charge in [0.25, 0.3) is 0 Å². The smallest absolute Gasteiger partial charge is 0.414 e. The number of fused-ring (bicyclic) bond motifs is 3. The minimum absolute atomic E-state index is 0.0861. The third-order valence-corrected chi connectivity index (χ3v) is 4.91. The normalized spacial score (nSPS) is 18.7. The quantitative estimate of drug-likeness (QED) is 0.882. The molecule has 0 bridgehead atoms. The van der Waals surface area contributed by atoms with E-state index in [2.05, 4.69) is 5.32 Å². The number of para-hydroxylation sites is 1. The maximum absolute atomic E-state index is 12.8. The zero-order chi connectivity index (χ0) is 18.8. The van der Waals surface area contributed by atoms with Crippen LogP contribution in [0.5, 0.6) is 5.75 Å². The first-order valence-corrected chi connectivity index (χ1v) is 8.89. The van der Waals surface area contributed by atoms with E-state index in [4.69, 9.17) is 9.47 Å². The number of ether oxygens (including phenoxy) is 2. The van der Waals surface area contributed by atoms with Gasteiger partial charge in [-0.15, -0.1) is 0 Å². The zero-order valence-electron chi connectivity index (χ0n) is 15.1. The lowest BCUT2D eigenvalue weighted by atomic mass is 10.1. The van der Waals surface area contributed by atoms with Crippen molar-refractivity contribution in [2.24, 2.45) is 0 Å². The van der Waals surface area contributed by atoms with Crippen molar-refractivity contribution in [3.63, 3.8) is 0 Å². The van der Waals surface area contributed by atoms with E-state index in [0.29, 0.717) is 31.9 Å². The Morgan fingerprint density at radius 1 is 1.22 bits per heavy atom. The summed E-state index contributed by atoms with van der Waals surface area (Å²) in [5.41, 5.74) is 2.36. The molecule has 2 aliphatic rings. The molecule has 0 aromatic heterocycles. The van der Waals surface area contributed by atoms with E-state index in [1.165, 1.54) is 0 Å². The number of amides is 3. The summed E-state index contributed by atoms with van der Waals surface area (Å²) < 4.78 is 10.6. The zero-order valence-corrected chi connectivity index (χ0v) is 15.1. The molecule has 0 saturated carbocycles. The van der Waals surface area contributed by atoms with E-state index in [0.717, 1.165) is 16.9 Å². The maximum atomic E-state index is 12.8. The second kappa shape index (κ2) is 7.19. The van der Waals surface area contributed by atoms with E-state index < -0.39 is 0 Å². The third-order valence-electron chi connectivity index (χ3n) is 4.91. The number of carbonyl (C=O) groups is 2. The van der Waals surface area contributed by atoms with E-state index in [-0.39, 0.29) is 18.2 Å². The number of carbonyl (C=O) groups excluding carboxylic acids is 2. The minimum Gasteiger partial charge on any atom is -0.497 e. The van der Waals surface area contributed by atoms with Crippen molar-refractivity contribution in [1.82, 2.24) is 4.90 Å². The van der Waals surface area contributed by atoms with Crippen LogP contribution >= 0.6 is 0 Å². The van der Waals surface area contributed by atoms with Gasteiger partial charge in [0.2, 0.25) is 0 Å². The van der Waals surface area contributed by atoms with Crippen LogP contribution in [-0.2, 0) is 11.3 Å². The lowest BCUT2D eigenvalue weighted by molar-refractivity contribution is 0.177. The van der Waals surface area contributed by atoms with Gasteiger partial charge in [0.1, 0.15) is 12.4 Å². The SMILES string of the molecule is COc1ccc2c(c1)CN(C(=O)Nc1ccccc1)CC[C@H]1COC(=O)N21. The topological polar surface area (TPSA) is 71.1 Å². The van der Waals surface area contributed by atoms with Crippen LogP contribution in [0.3, 0.4) is 0 Å². The number of methoxy groups -OCH3 is 1. The van der Waals surface area contributed by atoms with Crippen LogP contribution in [0.15, 0.2) is 48.5 Å². The molecule has 0 radical (unpaired) electrons. The van der Waals surface area contributed by atoms with Crippen LogP contribution in [0.4, 0.5) is 21.0 Å². The summed E-state index contributed by atoms with van der Waals surface area (Å²) in [4.78, 5) is 28.5. The average Bonchev–Trinajstić information content (AvgIpc) is 3.03. The average molecular weight is 367 g/mol. The van der Waals surface area contributed by atoms with Gasteiger partial charge in [0.05, 0.1) is 18.8 Å². The summed E-state index contributed by atoms with van der Waals surface area (Å²) >= 11 is 0. The number of benzene rings is 2. The Morgan fingerprint density at radius 3 is 2.81 bits per heavy atom. The highest BCUT2D eigenvalue weighted by Crippen LogP contribution is 2.34. The van der Waals surface area contributed by atoms with Crippen LogP contribution in [0.1, 0.15) is 12.0 Å². The fourth-order valence-corrected chi connectivity index (χ4v) is 3.51. The highest BCUT2D eigenvalue weighted by atomic mass is 16.6. The van der Waals surface area contributed by atoms with Gasteiger partial charge in [-0.3, -0.25) is 4.90 Å². The van der Waals surface area contributed by atoms with Gasteiger partial charge in [-0.2, -0.15) is 0 Å². The van der Waals surface area contributed by atoms with Crippen LogP contribution in [-0.4, -0.2) is 43.3 Å². The molecule has 1 N–H and O–H groups in total. The molecule has 1 fully saturated rings. The number of nitrogens with zero attached hydrogens (tertiary/aromatic N) is 2. The molecule has 7 nitrogen and oxygen atoms in total. The van der Waals surface area contributed by atoms with Crippen molar-refractivity contribution in [3.05, 3.63) is 54.1 Å². The summed E-state index contributed by atoms with van der Waals surface area (Å²) in [5, 5.41) is 2.93. The molecular formula is C20H21N3O4. The van der Waals surface area contributed by atoms with E-state index in [1.807, 2.05) is 48.5 Å². The summed E-state index contributed by atoms with van der Waals surface area (Å²) in [6.07, 6.45) is 0.313. The molecule has 7 heteroatoms. The highest BCUT2D eigenvalue weighted by molar-refractivity contribution is 5.92. The summed E-state index contributed by atoms with van der Waals surface area (Å²) in [5.74, 6) is 0.682. The van der Waals surface area contributed by atoms with Crippen LogP contribution in [0.25, 0.3) is 0 Å². The molecule has 4 rings (SSSR count). The Morgan fingerprint density at radius 2 is 2.04 bits per heavy atom. The van der Waals surface area contributed by atoms with Crippen molar-refractivity contribution < 1.29 is 19.1 Å². The van der Waals surface area contributed by atoms with Gasteiger partial charge in [-0.05, 0) is 42.3 Å². The predicted molar refractivity (Wildman–Crippen MR) is 101 cm³/mol. The maximum Gasteiger partial charge on any atom is 0.414 e. The number of hydrogen-bond donors (Lipinski definition) is 1. The molecule has 1 saturated heterocycles. The molecule has 140 valence electrons. The van der Waals surface area contributed by atoms with Crippen LogP contribution in [0.2, 0.25) is 0 Å². The van der Waals surface area contributed by atoms with Gasteiger partial charge in [-0.1, -0.05) is 18.2 Å². The fourth-order valence-electron chi connectivity index (χ4n) is 3.51. The first kappa shape index (κ1) is 17.2. The van der Waals surface area contributed by atoms with E-state index >= 15 is 0 Å². The molecule has 27 heavy (non-hydrogen) atoms. The molecule has 0 aliphatic carbocycles. The third kappa shape index (κ3) is 3.40. The number of anilines is 2. The number of hydrogen-bond acceptors (Lipinski definition) is 4. The second-order valence-corrected chi connectivity index (χ2v) is 6.60. The Hall–Kier alpha value is -3.22. The molecule has 0 spiro atoms. The molecule has 2 heterocycles. The number of urea groups is 1. The van der Waals surface area contributed by atoms with Crippen molar-refractivity contribution in [1.29, 1.82) is 0 Å². The Balaban J connectivity index is 1.64. The number of rotatable bonds is 2. The lowest BCUT2D eigenvalue weighted by Gasteiger charge is -2.32. The fraction of sp³-hybridized carbons (Fsp3) is 0.300. The van der Waals surface area contributed by atoms with Crippen LogP contribution in [0, 0.1) is 0 Å². The van der Waals surface area contributed by atoms with Crippen molar-refractivity contribution >= 4 is 23.5 Å². The standard InChI is InChI=1S/C20H21N3O4/c1-26-17-7-8-18-14(11-17)12-22(10-9-16-13-27-20(25)23(16)18)19(24)21-15-5-3-2-4-6-15/h2-8,11,16H,9-10,12-13H2,1H3,(H,21,24)/t16-/m0/s1. The monoisotopic (exact) mass is 367 g/mol. The number of nitrogens with one attached hydrogen (secondary N) is 1. The van der Waals surface area contributed by atoms with Crippen LogP contribution < -0.4 is 15.0 Å². The molecule has 0 unspecified atom stereocenters. The summed E-state index contributed by atoms with van der Waals surface area (Å²) in [6.45, 7) is 1.23. The van der Waals surface area contributed by atoms with Gasteiger partial charge < -0.3 is 19.7 Å². The molecule has 2 aliphatic heterocycles. The van der Waals surface area contributed by atoms with Gasteiger partial charge in [-0.25, -0.2) is 9.59 Å². The van der Waals surface area contributed by atoms with E-state index in [1.54, 1.807) is 16.9 Å². The summed E-state index contributed by atoms with van der Waals surface area (Å²) in [6, 6.07) is 14.6. The van der Waals surface area contributed by atoms with Gasteiger partial charge in [0.15, 0.2) is 0 Å². The van der Waals surface area contributed by atoms with E-state index in [9.17, 15) is 9.59 Å². The second-order valence-electron chi connectivity index (χ2n) is 6.60. The molecular weight excluding hydrogens is 346 g/mol. The molecule has 2 aromatic rings. The number of cyclic esters (lactones) is 1. The van der Waals surface area contributed by atoms with Gasteiger partial charge in [0, 0.05) is 18.8 Å². The molecule has 1 atom stereocenters. The van der Waals surface area contributed by atoms with Crippen molar-refractivity contribution in [2.45, 2.75) is 19.0 Å². The Labute approximate surface area is 157 Å². The van der Waals surface area contributed by atoms with Crippen molar-refractivity contribution in [3.8, 4) is 5.75 Å². The van der Waals surface area contributed by atoms with Crippen molar-refractivity contribution in [2.75, 3.05) is 30.5 Å². The van der Waals surface area contributed by atoms with Gasteiger partial charge >= 0.3 is 12.1 Å². The lowest BCUT2D eigenvalue weighted by Crippen LogP contribution is -2.43. The predicted octanol–water partition coefficient (Wildman–Crippen LogP) is 3.46. The Kier molecular flexibility index (Phi) is 4.58. The molecule has 3 amide bonds. The summed E-state index contributed by atoms with van der Waals surface area (Å²) in [7, 11) is 1.59. The highest BCUT2D eigenvalue weighted by Gasteiger charge is 2.37. The minimum atomic E-state index is -0.339. The largest absolute Gasteiger partial charge is 0.497 e. The first-order valence-electron chi connectivity index (χ1n) is 8.89. The molecule has 2 aromatic carbocycles. The Bertz CT molecular complexity index is 856. The first-order chi connectivity index (χ1) is 13.2.